The van der Waals surface area contributed by atoms with Crippen molar-refractivity contribution in [3.05, 3.63) is 0 Å². The van der Waals surface area contributed by atoms with Crippen molar-refractivity contribution in [2.75, 3.05) is 20.2 Å². The Labute approximate surface area is 95.1 Å². The Morgan fingerprint density at radius 3 is 2.69 bits per heavy atom. The first-order chi connectivity index (χ1) is 7.56. The van der Waals surface area contributed by atoms with Crippen LogP contribution in [0.2, 0.25) is 0 Å². The molecule has 90 valence electrons. The van der Waals surface area contributed by atoms with Gasteiger partial charge in [0.15, 0.2) is 0 Å². The van der Waals surface area contributed by atoms with Crippen LogP contribution in [0.5, 0.6) is 0 Å². The van der Waals surface area contributed by atoms with Crippen molar-refractivity contribution in [2.24, 2.45) is 5.41 Å². The molecule has 1 spiro atoms. The van der Waals surface area contributed by atoms with Gasteiger partial charge >= 0.3 is 6.09 Å². The van der Waals surface area contributed by atoms with E-state index in [4.69, 9.17) is 0 Å². The van der Waals surface area contributed by atoms with E-state index in [2.05, 4.69) is 17.0 Å². The number of nitrogens with zero attached hydrogens (tertiary/aromatic N) is 1. The second-order valence-electron chi connectivity index (χ2n) is 4.92. The van der Waals surface area contributed by atoms with Gasteiger partial charge in [-0.3, -0.25) is 4.79 Å². The molecular formula is C11H18N2O3. The largest absolute Gasteiger partial charge is 0.453 e. The minimum absolute atomic E-state index is 0.0123. The number of carbonyl (C=O) groups excluding carboxylic acids is 2. The highest BCUT2D eigenvalue weighted by Gasteiger charge is 2.51. The topological polar surface area (TPSA) is 58.6 Å². The summed E-state index contributed by atoms with van der Waals surface area (Å²) in [5.41, 5.74) is 0.417. The molecule has 0 aromatic heterocycles. The number of nitrogens with one attached hydrogen (secondary N) is 1. The molecule has 1 saturated carbocycles. The van der Waals surface area contributed by atoms with Gasteiger partial charge in [0.25, 0.3) is 0 Å². The van der Waals surface area contributed by atoms with E-state index < -0.39 is 6.09 Å². The molecule has 5 heteroatoms. The van der Waals surface area contributed by atoms with Crippen molar-refractivity contribution in [3.63, 3.8) is 0 Å². The molecule has 0 aromatic rings. The molecular weight excluding hydrogens is 208 g/mol. The predicted octanol–water partition coefficient (Wildman–Crippen LogP) is 0.743. The van der Waals surface area contributed by atoms with Crippen LogP contribution in [0.3, 0.4) is 0 Å². The van der Waals surface area contributed by atoms with Crippen molar-refractivity contribution in [3.8, 4) is 0 Å². The third kappa shape index (κ3) is 2.13. The van der Waals surface area contributed by atoms with Gasteiger partial charge in [0.05, 0.1) is 7.11 Å². The lowest BCUT2D eigenvalue weighted by molar-refractivity contribution is -0.130. The monoisotopic (exact) mass is 226 g/mol. The molecule has 5 nitrogen and oxygen atoms in total. The molecule has 2 amide bonds. The summed E-state index contributed by atoms with van der Waals surface area (Å²) in [7, 11) is 1.29. The maximum atomic E-state index is 11.8. The molecule has 2 rings (SSSR count). The van der Waals surface area contributed by atoms with Crippen LogP contribution in [-0.4, -0.2) is 43.1 Å². The van der Waals surface area contributed by atoms with Gasteiger partial charge in [0.2, 0.25) is 5.91 Å². The fourth-order valence-corrected chi connectivity index (χ4v) is 2.51. The second kappa shape index (κ2) is 3.96. The van der Waals surface area contributed by atoms with Gasteiger partial charge in [-0.2, -0.15) is 0 Å². The lowest BCUT2D eigenvalue weighted by Crippen LogP contribution is -2.41. The summed E-state index contributed by atoms with van der Waals surface area (Å²) >= 11 is 0. The zero-order valence-electron chi connectivity index (χ0n) is 9.78. The predicted molar refractivity (Wildman–Crippen MR) is 57.9 cm³/mol. The van der Waals surface area contributed by atoms with Gasteiger partial charge in [0.1, 0.15) is 6.54 Å². The molecule has 1 N–H and O–H groups in total. The van der Waals surface area contributed by atoms with Gasteiger partial charge in [-0.25, -0.2) is 4.79 Å². The molecule has 0 aromatic carbocycles. The molecule has 2 fully saturated rings. The third-order valence-electron chi connectivity index (χ3n) is 3.61. The molecule has 1 unspecified atom stereocenters. The zero-order chi connectivity index (χ0) is 11.8. The van der Waals surface area contributed by atoms with E-state index in [1.807, 2.05) is 4.90 Å². The Hall–Kier alpha value is -1.26. The minimum atomic E-state index is -0.554. The summed E-state index contributed by atoms with van der Waals surface area (Å²) in [6.07, 6.45) is 3.04. The number of hydrogen-bond acceptors (Lipinski definition) is 3. The van der Waals surface area contributed by atoms with E-state index in [0.717, 1.165) is 13.0 Å². The Morgan fingerprint density at radius 2 is 2.19 bits per heavy atom. The smallest absolute Gasteiger partial charge is 0.407 e. The van der Waals surface area contributed by atoms with Crippen LogP contribution in [0.25, 0.3) is 0 Å². The molecule has 1 atom stereocenters. The molecule has 1 heterocycles. The van der Waals surface area contributed by atoms with Gasteiger partial charge in [-0.1, -0.05) is 0 Å². The first-order valence-corrected chi connectivity index (χ1v) is 5.68. The summed E-state index contributed by atoms with van der Waals surface area (Å²) in [5.74, 6) is -0.0123. The minimum Gasteiger partial charge on any atom is -0.453 e. The van der Waals surface area contributed by atoms with E-state index in [1.54, 1.807) is 0 Å². The number of likely N-dealkylation sites (tertiary alicyclic amines) is 1. The van der Waals surface area contributed by atoms with Gasteiger partial charge in [-0.15, -0.1) is 0 Å². The van der Waals surface area contributed by atoms with Gasteiger partial charge < -0.3 is 15.0 Å². The van der Waals surface area contributed by atoms with Crippen molar-refractivity contribution in [1.29, 1.82) is 0 Å². The van der Waals surface area contributed by atoms with Crippen molar-refractivity contribution in [1.82, 2.24) is 10.2 Å². The normalized spacial score (nSPS) is 25.6. The number of hydrogen-bond donors (Lipinski definition) is 1. The molecule has 0 bridgehead atoms. The zero-order valence-corrected chi connectivity index (χ0v) is 9.78. The summed E-state index contributed by atoms with van der Waals surface area (Å²) < 4.78 is 4.42. The summed E-state index contributed by atoms with van der Waals surface area (Å²) in [6, 6.07) is 0.300. The Bertz CT molecular complexity index is 312. The van der Waals surface area contributed by atoms with Crippen LogP contribution in [0, 0.1) is 5.41 Å². The van der Waals surface area contributed by atoms with Crippen LogP contribution in [0.15, 0.2) is 0 Å². The number of rotatable bonds is 2. The quantitative estimate of drug-likeness (QED) is 0.755. The number of ether oxygens (including phenoxy) is 1. The van der Waals surface area contributed by atoms with Crippen LogP contribution >= 0.6 is 0 Å². The van der Waals surface area contributed by atoms with Crippen LogP contribution in [0.4, 0.5) is 4.79 Å². The Morgan fingerprint density at radius 1 is 1.50 bits per heavy atom. The summed E-state index contributed by atoms with van der Waals surface area (Å²) in [4.78, 5) is 24.6. The standard InChI is InChI=1S/C11H18N2O3/c1-8-5-11(3-4-11)7-13(8)9(14)6-12-10(15)16-2/h8H,3-7H2,1-2H3,(H,12,15). The fraction of sp³-hybridized carbons (Fsp3) is 0.818. The average Bonchev–Trinajstić information content (AvgIpc) is 2.92. The summed E-state index contributed by atoms with van der Waals surface area (Å²) in [5, 5.41) is 2.42. The van der Waals surface area contributed by atoms with Crippen LogP contribution < -0.4 is 5.32 Å². The van der Waals surface area contributed by atoms with Gasteiger partial charge in [-0.05, 0) is 31.6 Å². The molecule has 1 aliphatic carbocycles. The van der Waals surface area contributed by atoms with E-state index >= 15 is 0 Å². The highest BCUT2D eigenvalue weighted by molar-refractivity contribution is 5.82. The van der Waals surface area contributed by atoms with Gasteiger partial charge in [0, 0.05) is 12.6 Å². The van der Waals surface area contributed by atoms with E-state index in [9.17, 15) is 9.59 Å². The number of carbonyl (C=O) groups is 2. The first-order valence-electron chi connectivity index (χ1n) is 5.68. The fourth-order valence-electron chi connectivity index (χ4n) is 2.51. The number of alkyl carbamates (subject to hydrolysis) is 1. The van der Waals surface area contributed by atoms with Crippen LogP contribution in [-0.2, 0) is 9.53 Å². The van der Waals surface area contributed by atoms with Crippen LogP contribution in [0.1, 0.15) is 26.2 Å². The lowest BCUT2D eigenvalue weighted by Gasteiger charge is -2.21. The van der Waals surface area contributed by atoms with E-state index in [0.29, 0.717) is 11.5 Å². The SMILES string of the molecule is COC(=O)NCC(=O)N1CC2(CC2)CC1C. The van der Waals surface area contributed by atoms with Crippen molar-refractivity contribution < 1.29 is 14.3 Å². The highest BCUT2D eigenvalue weighted by atomic mass is 16.5. The van der Waals surface area contributed by atoms with Crippen molar-refractivity contribution in [2.45, 2.75) is 32.2 Å². The molecule has 1 saturated heterocycles. The maximum Gasteiger partial charge on any atom is 0.407 e. The summed E-state index contributed by atoms with van der Waals surface area (Å²) in [6.45, 7) is 2.96. The first kappa shape index (κ1) is 11.2. The van der Waals surface area contributed by atoms with E-state index in [-0.39, 0.29) is 12.5 Å². The molecule has 1 aliphatic heterocycles. The lowest BCUT2D eigenvalue weighted by atomic mass is 10.0. The number of amides is 2. The molecule has 16 heavy (non-hydrogen) atoms. The Balaban J connectivity index is 1.83. The highest BCUT2D eigenvalue weighted by Crippen LogP contribution is 2.54. The number of methoxy groups -OCH3 is 1. The maximum absolute atomic E-state index is 11.8. The average molecular weight is 226 g/mol. The van der Waals surface area contributed by atoms with Crippen molar-refractivity contribution >= 4 is 12.0 Å². The molecule has 0 radical (unpaired) electrons. The Kier molecular flexibility index (Phi) is 2.78. The van der Waals surface area contributed by atoms with E-state index in [1.165, 1.54) is 20.0 Å². The third-order valence-corrected chi connectivity index (χ3v) is 3.61. The molecule has 2 aliphatic rings. The second-order valence-corrected chi connectivity index (χ2v) is 4.92.